The number of hydrogen-bond donors (Lipinski definition) is 3. The molecule has 0 aromatic carbocycles. The number of carbonyl (C=O) groups excluding carboxylic acids is 1. The molecule has 0 aliphatic rings. The fourth-order valence-electron chi connectivity index (χ4n) is 1.81. The lowest BCUT2D eigenvalue weighted by molar-refractivity contribution is -0.116. The largest absolute Gasteiger partial charge is 0.349 e. The Hall–Kier alpha value is -1.61. The summed E-state index contributed by atoms with van der Waals surface area (Å²) in [5, 5.41) is 3.25. The van der Waals surface area contributed by atoms with Gasteiger partial charge in [-0.2, -0.15) is 0 Å². The molecule has 0 fully saturated rings. The monoisotopic (exact) mass is 359 g/mol. The van der Waals surface area contributed by atoms with Gasteiger partial charge in [-0.3, -0.25) is 18.8 Å². The molecule has 1 aromatic heterocycles. The fourth-order valence-corrected chi connectivity index (χ4v) is 4.24. The molecule has 0 aliphatic heterocycles. The van der Waals surface area contributed by atoms with Gasteiger partial charge in [0.15, 0.2) is 0 Å². The maximum absolute atomic E-state index is 11.8. The van der Waals surface area contributed by atoms with Crippen LogP contribution in [-0.2, 0) is 15.6 Å². The first-order valence-electron chi connectivity index (χ1n) is 7.08. The summed E-state index contributed by atoms with van der Waals surface area (Å²) in [6.45, 7) is 5.35. The molecule has 1 heterocycles. The highest BCUT2D eigenvalue weighted by Gasteiger charge is 2.10. The van der Waals surface area contributed by atoms with Crippen molar-refractivity contribution in [3.05, 3.63) is 38.2 Å². The predicted molar refractivity (Wildman–Crippen MR) is 95.1 cm³/mol. The number of rotatable bonds is 8. The molecule has 0 aliphatic carbocycles. The minimum Gasteiger partial charge on any atom is -0.349 e. The Bertz CT molecular complexity index is 709. The second-order valence-electron chi connectivity index (χ2n) is 4.91. The lowest BCUT2D eigenvalue weighted by Crippen LogP contribution is -2.35. The van der Waals surface area contributed by atoms with Crippen LogP contribution in [0.2, 0.25) is 0 Å². The summed E-state index contributed by atoms with van der Waals surface area (Å²) >= 11 is 1.59. The Morgan fingerprint density at radius 3 is 2.70 bits per heavy atom. The molecule has 0 bridgehead atoms. The van der Waals surface area contributed by atoms with Crippen LogP contribution >= 0.6 is 11.8 Å². The van der Waals surface area contributed by atoms with Crippen LogP contribution < -0.4 is 16.6 Å². The number of hydrogen-bond acceptors (Lipinski definition) is 5. The molecule has 1 amide bonds. The second-order valence-corrected chi connectivity index (χ2v) is 8.05. The maximum Gasteiger partial charge on any atom is 0.325 e. The van der Waals surface area contributed by atoms with Crippen molar-refractivity contribution in [3.8, 4) is 0 Å². The highest BCUT2D eigenvalue weighted by molar-refractivity contribution is 8.10. The zero-order valence-electron chi connectivity index (χ0n) is 13.3. The van der Waals surface area contributed by atoms with Gasteiger partial charge in [-0.25, -0.2) is 4.79 Å². The van der Waals surface area contributed by atoms with E-state index < -0.39 is 22.0 Å². The van der Waals surface area contributed by atoms with Gasteiger partial charge in [-0.15, -0.1) is 11.8 Å². The quantitative estimate of drug-likeness (QED) is 0.580. The average Bonchev–Trinajstić information content (AvgIpc) is 2.43. The normalized spacial score (nSPS) is 13.9. The molecule has 0 saturated carbocycles. The van der Waals surface area contributed by atoms with Crippen molar-refractivity contribution in [1.29, 1.82) is 0 Å². The average molecular weight is 359 g/mol. The summed E-state index contributed by atoms with van der Waals surface area (Å²) in [5.74, 6) is 0.898. The smallest absolute Gasteiger partial charge is 0.325 e. The van der Waals surface area contributed by atoms with E-state index in [1.54, 1.807) is 25.6 Å². The van der Waals surface area contributed by atoms with Crippen LogP contribution in [0.25, 0.3) is 6.08 Å². The van der Waals surface area contributed by atoms with Crippen LogP contribution in [-0.4, -0.2) is 42.7 Å². The third-order valence-corrected chi connectivity index (χ3v) is 5.82. The molecule has 2 atom stereocenters. The van der Waals surface area contributed by atoms with Crippen LogP contribution in [0.15, 0.2) is 15.7 Å². The van der Waals surface area contributed by atoms with Gasteiger partial charge in [0.1, 0.15) is 0 Å². The van der Waals surface area contributed by atoms with Crippen LogP contribution in [0.5, 0.6) is 0 Å². The van der Waals surface area contributed by atoms with Crippen LogP contribution in [0.4, 0.5) is 0 Å². The summed E-state index contributed by atoms with van der Waals surface area (Å²) in [5.41, 5.74) is -0.542. The molecule has 7 nitrogen and oxygen atoms in total. The lowest BCUT2D eigenvalue weighted by atomic mass is 10.2. The summed E-state index contributed by atoms with van der Waals surface area (Å²) < 4.78 is 11.7. The SMILES string of the molecule is CCSCS(=O)C[C@H](C)NC(=O)/C=C/c1c(C)[nH]c(=O)[nH]c1=O. The van der Waals surface area contributed by atoms with Crippen molar-refractivity contribution in [2.75, 3.05) is 16.6 Å². The van der Waals surface area contributed by atoms with Gasteiger partial charge >= 0.3 is 5.69 Å². The van der Waals surface area contributed by atoms with Crippen molar-refractivity contribution in [2.45, 2.75) is 26.8 Å². The number of aromatic nitrogens is 2. The van der Waals surface area contributed by atoms with Gasteiger partial charge in [0.25, 0.3) is 5.56 Å². The molecular weight excluding hydrogens is 338 g/mol. The molecule has 0 saturated heterocycles. The summed E-state index contributed by atoms with van der Waals surface area (Å²) in [7, 11) is -0.987. The van der Waals surface area contributed by atoms with Crippen molar-refractivity contribution in [1.82, 2.24) is 15.3 Å². The van der Waals surface area contributed by atoms with Crippen molar-refractivity contribution in [3.63, 3.8) is 0 Å². The summed E-state index contributed by atoms with van der Waals surface area (Å²) in [6, 6.07) is -0.236. The van der Waals surface area contributed by atoms with Gasteiger partial charge in [0, 0.05) is 34.4 Å². The van der Waals surface area contributed by atoms with Gasteiger partial charge in [-0.1, -0.05) is 6.92 Å². The summed E-state index contributed by atoms with van der Waals surface area (Å²) in [4.78, 5) is 39.1. The first-order valence-corrected chi connectivity index (χ1v) is 9.72. The zero-order valence-corrected chi connectivity index (χ0v) is 14.9. The number of amides is 1. The molecule has 23 heavy (non-hydrogen) atoms. The fraction of sp³-hybridized carbons (Fsp3) is 0.500. The van der Waals surface area contributed by atoms with E-state index >= 15 is 0 Å². The first-order chi connectivity index (χ1) is 10.8. The van der Waals surface area contributed by atoms with E-state index in [2.05, 4.69) is 15.3 Å². The van der Waals surface area contributed by atoms with Crippen molar-refractivity contribution < 1.29 is 9.00 Å². The van der Waals surface area contributed by atoms with Gasteiger partial charge < -0.3 is 10.3 Å². The number of thioether (sulfide) groups is 1. The van der Waals surface area contributed by atoms with Gasteiger partial charge in [-0.05, 0) is 25.7 Å². The molecule has 9 heteroatoms. The topological polar surface area (TPSA) is 112 Å². The van der Waals surface area contributed by atoms with E-state index in [0.717, 1.165) is 5.75 Å². The number of nitrogens with one attached hydrogen (secondary N) is 3. The Kier molecular flexibility index (Phi) is 8.04. The zero-order chi connectivity index (χ0) is 17.4. The van der Waals surface area contributed by atoms with Crippen LogP contribution in [0.1, 0.15) is 25.1 Å². The van der Waals surface area contributed by atoms with E-state index in [1.165, 1.54) is 12.2 Å². The van der Waals surface area contributed by atoms with Crippen LogP contribution in [0.3, 0.4) is 0 Å². The van der Waals surface area contributed by atoms with E-state index in [4.69, 9.17) is 0 Å². The van der Waals surface area contributed by atoms with Crippen molar-refractivity contribution in [2.24, 2.45) is 0 Å². The standard InChI is InChI=1S/C14H21N3O4S2/c1-4-22-8-23(21)7-9(2)15-12(18)6-5-11-10(3)16-14(20)17-13(11)19/h5-6,9H,4,7-8H2,1-3H3,(H,15,18)(H2,16,17,19,20)/b6-5+/t9-,23?/m0/s1. The van der Waals surface area contributed by atoms with E-state index in [9.17, 15) is 18.6 Å². The molecule has 1 unspecified atom stereocenters. The van der Waals surface area contributed by atoms with E-state index in [1.807, 2.05) is 6.92 Å². The van der Waals surface area contributed by atoms with E-state index in [-0.39, 0.29) is 17.5 Å². The highest BCUT2D eigenvalue weighted by Crippen LogP contribution is 2.03. The third kappa shape index (κ3) is 7.00. The van der Waals surface area contributed by atoms with Gasteiger partial charge in [0.05, 0.1) is 10.6 Å². The maximum atomic E-state index is 11.8. The molecule has 0 radical (unpaired) electrons. The lowest BCUT2D eigenvalue weighted by Gasteiger charge is -2.11. The minimum atomic E-state index is -0.987. The molecule has 1 rings (SSSR count). The van der Waals surface area contributed by atoms with E-state index in [0.29, 0.717) is 16.5 Å². The molecule has 1 aromatic rings. The number of aromatic amines is 2. The van der Waals surface area contributed by atoms with Gasteiger partial charge in [0.2, 0.25) is 5.91 Å². The third-order valence-electron chi connectivity index (χ3n) is 2.82. The molecule has 128 valence electrons. The first kappa shape index (κ1) is 19.4. The molecule has 0 spiro atoms. The number of aryl methyl sites for hydroxylation is 1. The summed E-state index contributed by atoms with van der Waals surface area (Å²) in [6.07, 6.45) is 2.56. The molecule has 3 N–H and O–H groups in total. The van der Waals surface area contributed by atoms with Crippen LogP contribution in [0, 0.1) is 6.92 Å². The second kappa shape index (κ2) is 9.51. The Labute approximate surface area is 140 Å². The Morgan fingerprint density at radius 2 is 2.09 bits per heavy atom. The highest BCUT2D eigenvalue weighted by atomic mass is 32.2. The van der Waals surface area contributed by atoms with Crippen molar-refractivity contribution >= 4 is 34.5 Å². The minimum absolute atomic E-state index is 0.218. The molecular formula is C14H21N3O4S2. The predicted octanol–water partition coefficient (Wildman–Crippen LogP) is 0.349. The number of H-pyrrole nitrogens is 2. The Balaban J connectivity index is 2.61. The Morgan fingerprint density at radius 1 is 1.39 bits per heavy atom. The number of carbonyl (C=O) groups is 1.